The third-order valence-corrected chi connectivity index (χ3v) is 6.06. The molecule has 1 amide bonds. The summed E-state index contributed by atoms with van der Waals surface area (Å²) < 4.78 is 7.48. The zero-order valence-electron chi connectivity index (χ0n) is 18.2. The van der Waals surface area contributed by atoms with E-state index in [4.69, 9.17) is 9.72 Å². The van der Waals surface area contributed by atoms with Gasteiger partial charge in [-0.2, -0.15) is 4.98 Å². The number of anilines is 2. The fourth-order valence-electron chi connectivity index (χ4n) is 4.18. The summed E-state index contributed by atoms with van der Waals surface area (Å²) in [4.78, 5) is 30.6. The molecule has 3 aromatic rings. The summed E-state index contributed by atoms with van der Waals surface area (Å²) in [6.45, 7) is 5.39. The fourth-order valence-corrected chi connectivity index (χ4v) is 4.18. The quantitative estimate of drug-likeness (QED) is 0.582. The molecule has 168 valence electrons. The van der Waals surface area contributed by atoms with Crippen molar-refractivity contribution in [1.29, 1.82) is 0 Å². The van der Waals surface area contributed by atoms with Crippen molar-refractivity contribution >= 4 is 23.3 Å². The van der Waals surface area contributed by atoms with Crippen LogP contribution < -0.4 is 25.2 Å². The Labute approximate surface area is 186 Å². The van der Waals surface area contributed by atoms with Crippen molar-refractivity contribution in [2.45, 2.75) is 13.0 Å². The third-order valence-electron chi connectivity index (χ3n) is 6.06. The van der Waals surface area contributed by atoms with Gasteiger partial charge < -0.3 is 29.6 Å². The average Bonchev–Trinajstić information content (AvgIpc) is 3.00. The number of fused-ring (bicyclic) bond motifs is 1. The fraction of sp³-hybridized carbons (Fsp3) is 0.455. The van der Waals surface area contributed by atoms with Gasteiger partial charge in [0, 0.05) is 38.9 Å². The number of aromatic nitrogens is 4. The molecule has 0 atom stereocenters. The van der Waals surface area contributed by atoms with Crippen LogP contribution in [0.2, 0.25) is 0 Å². The van der Waals surface area contributed by atoms with Crippen molar-refractivity contribution in [1.82, 2.24) is 30.0 Å². The van der Waals surface area contributed by atoms with Gasteiger partial charge in [-0.05, 0) is 25.1 Å². The maximum Gasteiger partial charge on any atom is 0.227 e. The maximum atomic E-state index is 12.7. The van der Waals surface area contributed by atoms with E-state index < -0.39 is 0 Å². The van der Waals surface area contributed by atoms with E-state index in [0.717, 1.165) is 49.8 Å². The number of amides is 1. The van der Waals surface area contributed by atoms with Crippen LogP contribution in [0.4, 0.5) is 11.8 Å². The van der Waals surface area contributed by atoms with E-state index in [1.165, 1.54) is 0 Å². The summed E-state index contributed by atoms with van der Waals surface area (Å²) in [6.07, 6.45) is 6.54. The van der Waals surface area contributed by atoms with Crippen LogP contribution >= 0.6 is 0 Å². The number of ether oxygens (including phenoxy) is 1. The highest BCUT2D eigenvalue weighted by atomic mass is 16.5. The normalized spacial score (nSPS) is 17.2. The third kappa shape index (κ3) is 4.05. The molecule has 0 radical (unpaired) electrons. The lowest BCUT2D eigenvalue weighted by molar-refractivity contribution is -0.125. The van der Waals surface area contributed by atoms with Gasteiger partial charge >= 0.3 is 0 Å². The molecule has 5 rings (SSSR count). The second-order valence-electron chi connectivity index (χ2n) is 8.15. The molecule has 2 saturated heterocycles. The number of nitrogens with zero attached hydrogens (tertiary/aromatic N) is 6. The van der Waals surface area contributed by atoms with Gasteiger partial charge in [-0.25, -0.2) is 9.97 Å². The molecule has 2 fully saturated rings. The van der Waals surface area contributed by atoms with Crippen molar-refractivity contribution in [3.8, 4) is 5.75 Å². The molecule has 0 unspecified atom stereocenters. The molecule has 10 nitrogen and oxygen atoms in total. The van der Waals surface area contributed by atoms with E-state index in [1.807, 2.05) is 28.8 Å². The van der Waals surface area contributed by atoms with Gasteiger partial charge in [0.15, 0.2) is 11.6 Å². The molecule has 0 saturated carbocycles. The van der Waals surface area contributed by atoms with Crippen LogP contribution in [0, 0.1) is 5.92 Å². The molecule has 2 N–H and O–H groups in total. The van der Waals surface area contributed by atoms with Gasteiger partial charge in [0.25, 0.3) is 0 Å². The summed E-state index contributed by atoms with van der Waals surface area (Å²) in [5.41, 5.74) is 1.83. The Morgan fingerprint density at radius 1 is 1.19 bits per heavy atom. The minimum atomic E-state index is -0.0836. The highest BCUT2D eigenvalue weighted by molar-refractivity contribution is 5.82. The van der Waals surface area contributed by atoms with Crippen molar-refractivity contribution in [3.63, 3.8) is 0 Å². The number of methoxy groups -OCH3 is 1. The molecule has 0 aliphatic carbocycles. The van der Waals surface area contributed by atoms with E-state index in [9.17, 15) is 4.79 Å². The Balaban J connectivity index is 1.21. The highest BCUT2D eigenvalue weighted by Crippen LogP contribution is 2.32. The highest BCUT2D eigenvalue weighted by Gasteiger charge is 2.35. The Bertz CT molecular complexity index is 1090. The van der Waals surface area contributed by atoms with Crippen LogP contribution in [-0.2, 0) is 11.3 Å². The van der Waals surface area contributed by atoms with Crippen LogP contribution in [0.5, 0.6) is 5.75 Å². The number of hydrogen-bond donors (Lipinski definition) is 2. The summed E-state index contributed by atoms with van der Waals surface area (Å²) in [7, 11) is 1.62. The summed E-state index contributed by atoms with van der Waals surface area (Å²) in [6, 6.07) is 5.85. The van der Waals surface area contributed by atoms with Gasteiger partial charge in [-0.3, -0.25) is 4.79 Å². The Morgan fingerprint density at radius 2 is 2.09 bits per heavy atom. The monoisotopic (exact) mass is 436 g/mol. The van der Waals surface area contributed by atoms with Crippen LogP contribution in [0.25, 0.3) is 5.65 Å². The summed E-state index contributed by atoms with van der Waals surface area (Å²) >= 11 is 0. The number of carbonyl (C=O) groups is 1. The van der Waals surface area contributed by atoms with E-state index in [1.54, 1.807) is 19.5 Å². The maximum absolute atomic E-state index is 12.7. The second kappa shape index (κ2) is 8.99. The lowest BCUT2D eigenvalue weighted by atomic mass is 9.99. The largest absolute Gasteiger partial charge is 0.491 e. The second-order valence-corrected chi connectivity index (χ2v) is 8.15. The number of carbonyl (C=O) groups excluding carboxylic acids is 1. The minimum Gasteiger partial charge on any atom is -0.491 e. The van der Waals surface area contributed by atoms with Crippen molar-refractivity contribution < 1.29 is 9.53 Å². The molecule has 0 aromatic carbocycles. The summed E-state index contributed by atoms with van der Waals surface area (Å²) in [5.74, 6) is 2.05. The molecular formula is C22H28N8O2. The van der Waals surface area contributed by atoms with Crippen LogP contribution in [0.3, 0.4) is 0 Å². The van der Waals surface area contributed by atoms with Crippen LogP contribution in [-0.4, -0.2) is 71.6 Å². The first-order valence-corrected chi connectivity index (χ1v) is 11.0. The van der Waals surface area contributed by atoms with Crippen molar-refractivity contribution in [2.24, 2.45) is 5.92 Å². The molecule has 10 heteroatoms. The zero-order chi connectivity index (χ0) is 21.9. The first-order valence-electron chi connectivity index (χ1n) is 11.0. The van der Waals surface area contributed by atoms with E-state index in [0.29, 0.717) is 31.3 Å². The SMILES string of the molecule is COc1cnc(N2CCCNCC2)nc1N1CC(C(=O)NCc2cnc3ccccn23)C1. The smallest absolute Gasteiger partial charge is 0.227 e. The van der Waals surface area contributed by atoms with E-state index in [-0.39, 0.29) is 11.8 Å². The van der Waals surface area contributed by atoms with Crippen LogP contribution in [0.15, 0.2) is 36.8 Å². The molecule has 2 aliphatic rings. The van der Waals surface area contributed by atoms with E-state index >= 15 is 0 Å². The van der Waals surface area contributed by atoms with Gasteiger partial charge in [0.2, 0.25) is 11.9 Å². The summed E-state index contributed by atoms with van der Waals surface area (Å²) in [5, 5.41) is 6.44. The molecule has 32 heavy (non-hydrogen) atoms. The van der Waals surface area contributed by atoms with Crippen molar-refractivity contribution in [3.05, 3.63) is 42.5 Å². The molecule has 2 aliphatic heterocycles. The molecule has 3 aromatic heterocycles. The van der Waals surface area contributed by atoms with E-state index in [2.05, 4.69) is 30.4 Å². The zero-order valence-corrected chi connectivity index (χ0v) is 18.2. The molecular weight excluding hydrogens is 408 g/mol. The standard InChI is InChI=1S/C22H28N8O2/c1-32-18-13-26-22(28-8-4-6-23-7-10-28)27-20(18)29-14-16(15-29)21(31)25-12-17-11-24-19-5-2-3-9-30(17)19/h2-3,5,9,11,13,16,23H,4,6-8,10,12,14-15H2,1H3,(H,25,31). The Hall–Kier alpha value is -3.40. The topological polar surface area (TPSA) is 99.9 Å². The molecule has 0 bridgehead atoms. The van der Waals surface area contributed by atoms with Crippen LogP contribution in [0.1, 0.15) is 12.1 Å². The number of rotatable bonds is 6. The average molecular weight is 437 g/mol. The predicted molar refractivity (Wildman–Crippen MR) is 121 cm³/mol. The van der Waals surface area contributed by atoms with Gasteiger partial charge in [0.1, 0.15) is 5.65 Å². The molecule has 0 spiro atoms. The van der Waals surface area contributed by atoms with Crippen molar-refractivity contribution in [2.75, 3.05) is 56.2 Å². The number of pyridine rings is 1. The Kier molecular flexibility index (Phi) is 5.76. The number of nitrogens with one attached hydrogen (secondary N) is 2. The lowest BCUT2D eigenvalue weighted by Crippen LogP contribution is -2.54. The lowest BCUT2D eigenvalue weighted by Gasteiger charge is -2.39. The number of hydrogen-bond acceptors (Lipinski definition) is 8. The predicted octanol–water partition coefficient (Wildman–Crippen LogP) is 0.685. The number of imidazole rings is 1. The molecule has 5 heterocycles. The van der Waals surface area contributed by atoms with Gasteiger partial charge in [-0.1, -0.05) is 6.07 Å². The first-order chi connectivity index (χ1) is 15.7. The Morgan fingerprint density at radius 3 is 2.97 bits per heavy atom. The minimum absolute atomic E-state index is 0.0407. The van der Waals surface area contributed by atoms with Gasteiger partial charge in [0.05, 0.1) is 37.7 Å². The first kappa shape index (κ1) is 20.5. The van der Waals surface area contributed by atoms with Gasteiger partial charge in [-0.15, -0.1) is 0 Å².